The maximum absolute atomic E-state index is 12.1. The third-order valence-corrected chi connectivity index (χ3v) is 3.37. The molecule has 2 aromatic rings. The smallest absolute Gasteiger partial charge is 0.262 e. The highest BCUT2D eigenvalue weighted by Crippen LogP contribution is 2.20. The quantitative estimate of drug-likeness (QED) is 0.758. The van der Waals surface area contributed by atoms with E-state index in [4.69, 9.17) is 10.5 Å². The topological polar surface area (TPSA) is 93.5 Å². The Morgan fingerprint density at radius 2 is 1.71 bits per heavy atom. The highest BCUT2D eigenvalue weighted by Gasteiger charge is 2.08. The molecule has 0 aromatic heterocycles. The fourth-order valence-electron chi connectivity index (χ4n) is 2.02. The summed E-state index contributed by atoms with van der Waals surface area (Å²) >= 11 is 0. The van der Waals surface area contributed by atoms with Gasteiger partial charge in [-0.25, -0.2) is 0 Å². The molecule has 0 unspecified atom stereocenters. The van der Waals surface area contributed by atoms with Crippen LogP contribution in [-0.2, 0) is 9.59 Å². The average molecular weight is 327 g/mol. The summed E-state index contributed by atoms with van der Waals surface area (Å²) in [6.07, 6.45) is 0. The van der Waals surface area contributed by atoms with Gasteiger partial charge >= 0.3 is 0 Å². The Balaban J connectivity index is 1.96. The second-order valence-electron chi connectivity index (χ2n) is 5.43. The van der Waals surface area contributed by atoms with E-state index in [0.717, 1.165) is 11.1 Å². The van der Waals surface area contributed by atoms with Crippen LogP contribution < -0.4 is 21.1 Å². The van der Waals surface area contributed by atoms with Gasteiger partial charge in [0.2, 0.25) is 5.91 Å². The highest BCUT2D eigenvalue weighted by molar-refractivity contribution is 5.95. The van der Waals surface area contributed by atoms with Crippen LogP contribution in [0.3, 0.4) is 0 Å². The SMILES string of the molecule is Cc1ccc(OCC(=O)Nc2cc(NC(=O)CN)ccc2C)cc1. The van der Waals surface area contributed by atoms with Crippen LogP contribution >= 0.6 is 0 Å². The van der Waals surface area contributed by atoms with E-state index in [1.54, 1.807) is 12.1 Å². The zero-order chi connectivity index (χ0) is 17.5. The molecule has 6 heteroatoms. The fraction of sp³-hybridized carbons (Fsp3) is 0.222. The zero-order valence-corrected chi connectivity index (χ0v) is 13.8. The van der Waals surface area contributed by atoms with Gasteiger partial charge < -0.3 is 21.1 Å². The lowest BCUT2D eigenvalue weighted by atomic mass is 10.1. The molecule has 0 fully saturated rings. The van der Waals surface area contributed by atoms with Gasteiger partial charge in [0.15, 0.2) is 6.61 Å². The van der Waals surface area contributed by atoms with Gasteiger partial charge in [0.05, 0.1) is 6.54 Å². The Kier molecular flexibility index (Phi) is 5.92. The number of benzene rings is 2. The van der Waals surface area contributed by atoms with Gasteiger partial charge in [0, 0.05) is 11.4 Å². The van der Waals surface area contributed by atoms with E-state index in [2.05, 4.69) is 10.6 Å². The van der Waals surface area contributed by atoms with E-state index in [9.17, 15) is 9.59 Å². The molecule has 0 aliphatic rings. The lowest BCUT2D eigenvalue weighted by molar-refractivity contribution is -0.118. The van der Waals surface area contributed by atoms with Crippen LogP contribution in [0.25, 0.3) is 0 Å². The Hall–Kier alpha value is -2.86. The minimum absolute atomic E-state index is 0.0953. The Bertz CT molecular complexity index is 727. The molecule has 0 saturated carbocycles. The summed E-state index contributed by atoms with van der Waals surface area (Å²) in [7, 11) is 0. The van der Waals surface area contributed by atoms with Crippen molar-refractivity contribution in [1.29, 1.82) is 0 Å². The van der Waals surface area contributed by atoms with Crippen molar-refractivity contribution in [1.82, 2.24) is 0 Å². The molecule has 0 atom stereocenters. The number of hydrogen-bond donors (Lipinski definition) is 3. The van der Waals surface area contributed by atoms with Crippen molar-refractivity contribution in [2.75, 3.05) is 23.8 Å². The van der Waals surface area contributed by atoms with Crippen LogP contribution in [0.5, 0.6) is 5.75 Å². The largest absolute Gasteiger partial charge is 0.484 e. The number of nitrogens with one attached hydrogen (secondary N) is 2. The third-order valence-electron chi connectivity index (χ3n) is 3.37. The molecule has 2 amide bonds. The van der Waals surface area contributed by atoms with Crippen LogP contribution in [0.15, 0.2) is 42.5 Å². The van der Waals surface area contributed by atoms with Crippen LogP contribution in [0.1, 0.15) is 11.1 Å². The molecular weight excluding hydrogens is 306 g/mol. The maximum atomic E-state index is 12.1. The standard InChI is InChI=1S/C18H21N3O3/c1-12-3-7-15(8-4-12)24-11-18(23)21-16-9-14(6-5-13(16)2)20-17(22)10-19/h3-9H,10-11,19H2,1-2H3,(H,20,22)(H,21,23). The number of rotatable bonds is 6. The molecule has 6 nitrogen and oxygen atoms in total. The minimum Gasteiger partial charge on any atom is -0.484 e. The summed E-state index contributed by atoms with van der Waals surface area (Å²) < 4.78 is 5.45. The Morgan fingerprint density at radius 1 is 1.00 bits per heavy atom. The number of carbonyl (C=O) groups is 2. The monoisotopic (exact) mass is 327 g/mol. The number of anilines is 2. The predicted octanol–water partition coefficient (Wildman–Crippen LogP) is 2.22. The van der Waals surface area contributed by atoms with E-state index in [-0.39, 0.29) is 25.0 Å². The third kappa shape index (κ3) is 5.10. The molecule has 0 saturated heterocycles. The van der Waals surface area contributed by atoms with E-state index >= 15 is 0 Å². The van der Waals surface area contributed by atoms with Gasteiger partial charge in [-0.3, -0.25) is 9.59 Å². The van der Waals surface area contributed by atoms with Gasteiger partial charge in [-0.15, -0.1) is 0 Å². The lowest BCUT2D eigenvalue weighted by Gasteiger charge is -2.12. The minimum atomic E-state index is -0.293. The Morgan fingerprint density at radius 3 is 2.38 bits per heavy atom. The number of amides is 2. The first-order valence-corrected chi connectivity index (χ1v) is 7.58. The molecule has 0 radical (unpaired) electrons. The van der Waals surface area contributed by atoms with Crippen LogP contribution in [0.4, 0.5) is 11.4 Å². The number of ether oxygens (including phenoxy) is 1. The lowest BCUT2D eigenvalue weighted by Crippen LogP contribution is -2.23. The molecule has 2 aromatic carbocycles. The van der Waals surface area contributed by atoms with Crippen molar-refractivity contribution in [2.45, 2.75) is 13.8 Å². The summed E-state index contributed by atoms with van der Waals surface area (Å²) in [5.41, 5.74) is 8.47. The Labute approximate surface area is 141 Å². The molecule has 0 aliphatic heterocycles. The summed E-state index contributed by atoms with van der Waals surface area (Å²) in [5, 5.41) is 5.43. The van der Waals surface area contributed by atoms with E-state index in [0.29, 0.717) is 17.1 Å². The van der Waals surface area contributed by atoms with Crippen LogP contribution in [0.2, 0.25) is 0 Å². The van der Waals surface area contributed by atoms with Crippen molar-refractivity contribution in [3.63, 3.8) is 0 Å². The van der Waals surface area contributed by atoms with Crippen LogP contribution in [0, 0.1) is 13.8 Å². The number of aryl methyl sites for hydroxylation is 2. The van der Waals surface area contributed by atoms with E-state index in [1.807, 2.05) is 44.2 Å². The normalized spacial score (nSPS) is 10.1. The second-order valence-corrected chi connectivity index (χ2v) is 5.43. The average Bonchev–Trinajstić information content (AvgIpc) is 2.57. The van der Waals surface area contributed by atoms with Crippen molar-refractivity contribution in [3.8, 4) is 5.75 Å². The van der Waals surface area contributed by atoms with Gasteiger partial charge in [-0.2, -0.15) is 0 Å². The van der Waals surface area contributed by atoms with Crippen molar-refractivity contribution < 1.29 is 14.3 Å². The molecule has 0 bridgehead atoms. The maximum Gasteiger partial charge on any atom is 0.262 e. The molecule has 0 spiro atoms. The molecule has 24 heavy (non-hydrogen) atoms. The molecule has 4 N–H and O–H groups in total. The van der Waals surface area contributed by atoms with Crippen LogP contribution in [-0.4, -0.2) is 25.0 Å². The highest BCUT2D eigenvalue weighted by atomic mass is 16.5. The summed E-state index contributed by atoms with van der Waals surface area (Å²) in [6, 6.07) is 12.7. The molecule has 126 valence electrons. The second kappa shape index (κ2) is 8.12. The molecular formula is C18H21N3O3. The van der Waals surface area contributed by atoms with Gasteiger partial charge in [-0.05, 0) is 43.7 Å². The number of carbonyl (C=O) groups excluding carboxylic acids is 2. The van der Waals surface area contributed by atoms with E-state index in [1.165, 1.54) is 0 Å². The number of hydrogen-bond acceptors (Lipinski definition) is 4. The van der Waals surface area contributed by atoms with Crippen molar-refractivity contribution in [2.24, 2.45) is 5.73 Å². The summed E-state index contributed by atoms with van der Waals surface area (Å²) in [6.45, 7) is 3.66. The molecule has 0 aliphatic carbocycles. The first-order chi connectivity index (χ1) is 11.5. The first kappa shape index (κ1) is 17.5. The molecule has 0 heterocycles. The predicted molar refractivity (Wildman–Crippen MR) is 94.2 cm³/mol. The summed E-state index contributed by atoms with van der Waals surface area (Å²) in [5.74, 6) is 0.0660. The number of nitrogens with two attached hydrogens (primary N) is 1. The van der Waals surface area contributed by atoms with E-state index < -0.39 is 0 Å². The van der Waals surface area contributed by atoms with Gasteiger partial charge in [0.1, 0.15) is 5.75 Å². The summed E-state index contributed by atoms with van der Waals surface area (Å²) in [4.78, 5) is 23.4. The van der Waals surface area contributed by atoms with Crippen molar-refractivity contribution >= 4 is 23.2 Å². The van der Waals surface area contributed by atoms with Gasteiger partial charge in [-0.1, -0.05) is 23.8 Å². The zero-order valence-electron chi connectivity index (χ0n) is 13.8. The first-order valence-electron chi connectivity index (χ1n) is 7.58. The van der Waals surface area contributed by atoms with Crippen molar-refractivity contribution in [3.05, 3.63) is 53.6 Å². The molecule has 2 rings (SSSR count). The fourth-order valence-corrected chi connectivity index (χ4v) is 2.02. The van der Waals surface area contributed by atoms with Gasteiger partial charge in [0.25, 0.3) is 5.91 Å².